The Bertz CT molecular complexity index is 621. The van der Waals surface area contributed by atoms with Crippen LogP contribution in [0.5, 0.6) is 0 Å². The van der Waals surface area contributed by atoms with E-state index in [9.17, 15) is 0 Å². The van der Waals surface area contributed by atoms with Crippen LogP contribution in [0.15, 0.2) is 30.5 Å². The van der Waals surface area contributed by atoms with Crippen molar-refractivity contribution in [3.05, 3.63) is 47.5 Å². The van der Waals surface area contributed by atoms with E-state index in [0.29, 0.717) is 0 Å². The van der Waals surface area contributed by atoms with Crippen LogP contribution in [0, 0.1) is 0 Å². The van der Waals surface area contributed by atoms with Crippen LogP contribution in [0.1, 0.15) is 17.1 Å². The fourth-order valence-electron chi connectivity index (χ4n) is 3.55. The molecule has 4 heterocycles. The average molecular weight is 326 g/mol. The lowest BCUT2D eigenvalue weighted by Gasteiger charge is -2.34. The van der Waals surface area contributed by atoms with Gasteiger partial charge in [-0.05, 0) is 18.2 Å². The molecule has 4 rings (SSSR count). The molecule has 2 aliphatic rings. The smallest absolute Gasteiger partial charge is 0.0768 e. The maximum atomic E-state index is 4.75. The van der Waals surface area contributed by atoms with Crippen LogP contribution >= 0.6 is 0 Å². The highest BCUT2D eigenvalue weighted by Crippen LogP contribution is 2.12. The van der Waals surface area contributed by atoms with E-state index >= 15 is 0 Å². The molecule has 0 radical (unpaired) electrons. The van der Waals surface area contributed by atoms with Crippen molar-refractivity contribution >= 4 is 0 Å². The quantitative estimate of drug-likeness (QED) is 0.878. The zero-order valence-corrected chi connectivity index (χ0v) is 14.2. The van der Waals surface area contributed by atoms with Gasteiger partial charge in [0, 0.05) is 70.7 Å². The molecule has 0 unspecified atom stereocenters. The lowest BCUT2D eigenvalue weighted by Crippen LogP contribution is -2.46. The fraction of sp³-hybridized carbons (Fsp3) is 0.556. The number of nitrogens with one attached hydrogen (secondary N) is 1. The molecule has 0 atom stereocenters. The summed E-state index contributed by atoms with van der Waals surface area (Å²) in [5.41, 5.74) is 3.73. The third-order valence-corrected chi connectivity index (χ3v) is 4.98. The predicted molar refractivity (Wildman–Crippen MR) is 93.6 cm³/mol. The molecule has 0 spiro atoms. The van der Waals surface area contributed by atoms with Gasteiger partial charge in [0.2, 0.25) is 0 Å². The number of pyridine rings is 1. The molecule has 1 saturated heterocycles. The van der Waals surface area contributed by atoms with Gasteiger partial charge in [0.25, 0.3) is 0 Å². The van der Waals surface area contributed by atoms with Crippen LogP contribution in [-0.2, 0) is 26.1 Å². The Morgan fingerprint density at radius 1 is 1.00 bits per heavy atom. The lowest BCUT2D eigenvalue weighted by molar-refractivity contribution is 0.126. The highest BCUT2D eigenvalue weighted by molar-refractivity contribution is 5.12. The normalized spacial score (nSPS) is 19.3. The van der Waals surface area contributed by atoms with Gasteiger partial charge in [-0.25, -0.2) is 0 Å². The van der Waals surface area contributed by atoms with Crippen LogP contribution in [0.3, 0.4) is 0 Å². The summed E-state index contributed by atoms with van der Waals surface area (Å²) in [6.45, 7) is 9.60. The van der Waals surface area contributed by atoms with Gasteiger partial charge in [-0.1, -0.05) is 6.07 Å². The maximum Gasteiger partial charge on any atom is 0.0768 e. The molecule has 0 saturated carbocycles. The Morgan fingerprint density at radius 3 is 2.67 bits per heavy atom. The molecule has 2 aromatic heterocycles. The standard InChI is InChI=1S/C18H26N6/c1-2-5-20-16(3-1)4-7-22-9-11-23(12-10-22)15-17-13-18-14-19-6-8-24(18)21-17/h1-3,5,13,19H,4,6-12,14-15H2. The monoisotopic (exact) mass is 326 g/mol. The molecule has 2 aromatic rings. The molecular weight excluding hydrogens is 300 g/mol. The number of piperazine rings is 1. The van der Waals surface area contributed by atoms with Gasteiger partial charge in [0.1, 0.15) is 0 Å². The highest BCUT2D eigenvalue weighted by Gasteiger charge is 2.19. The zero-order chi connectivity index (χ0) is 16.2. The molecule has 0 bridgehead atoms. The first-order valence-electron chi connectivity index (χ1n) is 8.98. The first kappa shape index (κ1) is 15.7. The van der Waals surface area contributed by atoms with E-state index in [1.165, 1.54) is 17.1 Å². The largest absolute Gasteiger partial charge is 0.309 e. The van der Waals surface area contributed by atoms with Gasteiger partial charge in [0.15, 0.2) is 0 Å². The molecule has 6 heteroatoms. The Balaban J connectivity index is 1.23. The molecule has 0 aromatic carbocycles. The number of nitrogens with zero attached hydrogens (tertiary/aromatic N) is 5. The Kier molecular flexibility index (Phi) is 4.87. The van der Waals surface area contributed by atoms with Crippen LogP contribution in [0.25, 0.3) is 0 Å². The third-order valence-electron chi connectivity index (χ3n) is 4.98. The molecule has 24 heavy (non-hydrogen) atoms. The van der Waals surface area contributed by atoms with E-state index in [2.05, 4.69) is 43.0 Å². The number of aromatic nitrogens is 3. The average Bonchev–Trinajstić information content (AvgIpc) is 3.04. The number of fused-ring (bicyclic) bond motifs is 1. The van der Waals surface area contributed by atoms with Gasteiger partial charge >= 0.3 is 0 Å². The van der Waals surface area contributed by atoms with Crippen molar-refractivity contribution in [3.63, 3.8) is 0 Å². The minimum atomic E-state index is 0.953. The second-order valence-corrected chi connectivity index (χ2v) is 6.72. The highest BCUT2D eigenvalue weighted by atomic mass is 15.3. The fourth-order valence-corrected chi connectivity index (χ4v) is 3.55. The van der Waals surface area contributed by atoms with Gasteiger partial charge in [0.05, 0.1) is 17.9 Å². The minimum Gasteiger partial charge on any atom is -0.309 e. The molecule has 128 valence electrons. The van der Waals surface area contributed by atoms with Gasteiger partial charge in [-0.2, -0.15) is 5.10 Å². The molecule has 0 aliphatic carbocycles. The second kappa shape index (κ2) is 7.42. The molecule has 1 fully saturated rings. The van der Waals surface area contributed by atoms with Gasteiger partial charge in [-0.3, -0.25) is 14.6 Å². The number of rotatable bonds is 5. The van der Waals surface area contributed by atoms with Gasteiger partial charge < -0.3 is 10.2 Å². The second-order valence-electron chi connectivity index (χ2n) is 6.72. The summed E-state index contributed by atoms with van der Waals surface area (Å²) in [4.78, 5) is 9.49. The first-order chi connectivity index (χ1) is 11.9. The minimum absolute atomic E-state index is 0.953. The summed E-state index contributed by atoms with van der Waals surface area (Å²) in [6.07, 6.45) is 2.93. The van der Waals surface area contributed by atoms with Crippen LogP contribution < -0.4 is 5.32 Å². The predicted octanol–water partition coefficient (Wildman–Crippen LogP) is 0.742. The number of hydrogen-bond acceptors (Lipinski definition) is 5. The third kappa shape index (κ3) is 3.83. The van der Waals surface area contributed by atoms with Crippen molar-refractivity contribution in [1.29, 1.82) is 0 Å². The maximum absolute atomic E-state index is 4.75. The van der Waals surface area contributed by atoms with Crippen molar-refractivity contribution in [1.82, 2.24) is 29.9 Å². The van der Waals surface area contributed by atoms with Crippen LogP contribution in [0.4, 0.5) is 0 Å². The van der Waals surface area contributed by atoms with E-state index in [-0.39, 0.29) is 0 Å². The van der Waals surface area contributed by atoms with Crippen molar-refractivity contribution in [3.8, 4) is 0 Å². The topological polar surface area (TPSA) is 49.2 Å². The van der Waals surface area contributed by atoms with Crippen LogP contribution in [0.2, 0.25) is 0 Å². The summed E-state index contributed by atoms with van der Waals surface area (Å²) < 4.78 is 2.16. The lowest BCUT2D eigenvalue weighted by atomic mass is 10.2. The van der Waals surface area contributed by atoms with E-state index in [1.54, 1.807) is 0 Å². The summed E-state index contributed by atoms with van der Waals surface area (Å²) in [5.74, 6) is 0. The summed E-state index contributed by atoms with van der Waals surface area (Å²) in [7, 11) is 0. The van der Waals surface area contributed by atoms with Crippen molar-refractivity contribution in [2.24, 2.45) is 0 Å². The molecule has 6 nitrogen and oxygen atoms in total. The Morgan fingerprint density at radius 2 is 1.88 bits per heavy atom. The van der Waals surface area contributed by atoms with E-state index < -0.39 is 0 Å². The molecule has 1 N–H and O–H groups in total. The Labute approximate surface area is 143 Å². The van der Waals surface area contributed by atoms with E-state index in [4.69, 9.17) is 5.10 Å². The first-order valence-corrected chi connectivity index (χ1v) is 8.98. The van der Waals surface area contributed by atoms with Crippen molar-refractivity contribution in [2.75, 3.05) is 39.3 Å². The Hall–Kier alpha value is -1.76. The molecular formula is C18H26N6. The van der Waals surface area contributed by atoms with Crippen molar-refractivity contribution < 1.29 is 0 Å². The van der Waals surface area contributed by atoms with Crippen molar-refractivity contribution in [2.45, 2.75) is 26.1 Å². The summed E-state index contributed by atoms with van der Waals surface area (Å²) in [6, 6.07) is 8.43. The van der Waals surface area contributed by atoms with Crippen LogP contribution in [-0.4, -0.2) is 63.8 Å². The number of hydrogen-bond donors (Lipinski definition) is 1. The summed E-state index contributed by atoms with van der Waals surface area (Å²) >= 11 is 0. The molecule has 0 amide bonds. The zero-order valence-electron chi connectivity index (χ0n) is 14.2. The van der Waals surface area contributed by atoms with E-state index in [1.807, 2.05) is 12.3 Å². The van der Waals surface area contributed by atoms with Gasteiger partial charge in [-0.15, -0.1) is 0 Å². The van der Waals surface area contributed by atoms with E-state index in [0.717, 1.165) is 65.3 Å². The SMILES string of the molecule is c1ccc(CCN2CCN(Cc3cc4n(n3)CCNC4)CC2)nc1. The molecule has 2 aliphatic heterocycles. The summed E-state index contributed by atoms with van der Waals surface area (Å²) in [5, 5.41) is 8.16.